The number of nitrogens with one attached hydrogen (secondary N) is 3. The Bertz CT molecular complexity index is 1760. The first-order chi connectivity index (χ1) is 21.1. The van der Waals surface area contributed by atoms with Crippen molar-refractivity contribution in [2.24, 2.45) is 5.92 Å². The van der Waals surface area contributed by atoms with Crippen molar-refractivity contribution in [3.63, 3.8) is 0 Å². The molecule has 2 atom stereocenters. The van der Waals surface area contributed by atoms with Gasteiger partial charge in [0.2, 0.25) is 5.91 Å². The van der Waals surface area contributed by atoms with E-state index in [1.54, 1.807) is 32.0 Å². The Labute approximate surface area is 256 Å². The van der Waals surface area contributed by atoms with Crippen LogP contribution < -0.4 is 16.0 Å². The number of carbonyl (C=O) groups is 3. The fourth-order valence-corrected chi connectivity index (χ4v) is 5.11. The highest BCUT2D eigenvalue weighted by Crippen LogP contribution is 2.35. The zero-order valence-electron chi connectivity index (χ0n) is 24.0. The summed E-state index contributed by atoms with van der Waals surface area (Å²) in [6, 6.07) is 9.85. The number of carbonyl (C=O) groups excluding carboxylic acids is 3. The highest BCUT2D eigenvalue weighted by molar-refractivity contribution is 6.30. The molecular weight excluding hydrogens is 596 g/mol. The number of benzene rings is 2. The van der Waals surface area contributed by atoms with Crippen LogP contribution in [0.4, 0.5) is 25.0 Å². The highest BCUT2D eigenvalue weighted by Gasteiger charge is 2.26. The van der Waals surface area contributed by atoms with E-state index >= 15 is 4.39 Å². The molecule has 1 aliphatic heterocycles. The fourth-order valence-electron chi connectivity index (χ4n) is 4.94. The first-order valence-corrected chi connectivity index (χ1v) is 14.1. The van der Waals surface area contributed by atoms with Crippen molar-refractivity contribution in [1.82, 2.24) is 25.3 Å². The van der Waals surface area contributed by atoms with E-state index in [0.717, 1.165) is 6.20 Å². The lowest BCUT2D eigenvalue weighted by atomic mass is 9.95. The Morgan fingerprint density at radius 2 is 1.93 bits per heavy atom. The number of rotatable bonds is 4. The number of pyridine rings is 1. The molecule has 228 valence electrons. The number of anilines is 2. The Hall–Kier alpha value is -4.91. The third-order valence-corrected chi connectivity index (χ3v) is 7.68. The van der Waals surface area contributed by atoms with Gasteiger partial charge in [-0.3, -0.25) is 19.9 Å². The minimum atomic E-state index is -0.707. The summed E-state index contributed by atoms with van der Waals surface area (Å²) in [5, 5.41) is 16.1. The predicted octanol–water partition coefficient (Wildman–Crippen LogP) is 5.98. The molecule has 3 N–H and O–H groups in total. The SMILES string of the molecule is COC(=O)Nc1ccc2c(c1)NC(=O)[C@@H](C)CCC[C@H](NC(=O)c1nnn(-c3cccc(Cl)c3F)c1C)c1cc-2c(F)cn1. The molecule has 0 spiro atoms. The zero-order chi connectivity index (χ0) is 31.5. The number of ether oxygens (including phenoxy) is 1. The molecule has 3 heterocycles. The molecule has 0 unspecified atom stereocenters. The van der Waals surface area contributed by atoms with Crippen molar-refractivity contribution in [3.05, 3.63) is 82.4 Å². The van der Waals surface area contributed by atoms with Crippen molar-refractivity contribution in [1.29, 1.82) is 0 Å². The number of halogens is 3. The lowest BCUT2D eigenvalue weighted by molar-refractivity contribution is -0.119. The van der Waals surface area contributed by atoms with Gasteiger partial charge in [0.25, 0.3) is 5.91 Å². The van der Waals surface area contributed by atoms with E-state index in [9.17, 15) is 18.8 Å². The van der Waals surface area contributed by atoms with Crippen molar-refractivity contribution >= 4 is 40.9 Å². The Kier molecular flexibility index (Phi) is 8.86. The van der Waals surface area contributed by atoms with Gasteiger partial charge < -0.3 is 15.4 Å². The van der Waals surface area contributed by atoms with Crippen LogP contribution in [0.1, 0.15) is 54.1 Å². The average Bonchev–Trinajstić information content (AvgIpc) is 3.38. The minimum absolute atomic E-state index is 0.0354. The van der Waals surface area contributed by atoms with Crippen molar-refractivity contribution in [2.75, 3.05) is 17.7 Å². The van der Waals surface area contributed by atoms with Crippen molar-refractivity contribution in [3.8, 4) is 16.8 Å². The third-order valence-electron chi connectivity index (χ3n) is 7.38. The summed E-state index contributed by atoms with van der Waals surface area (Å²) in [6.07, 6.45) is 1.72. The molecule has 0 fully saturated rings. The molecule has 1 aliphatic rings. The van der Waals surface area contributed by atoms with Crippen LogP contribution in [0.3, 0.4) is 0 Å². The number of hydrogen-bond donors (Lipinski definition) is 3. The molecule has 0 radical (unpaired) electrons. The van der Waals surface area contributed by atoms with Gasteiger partial charge >= 0.3 is 6.09 Å². The zero-order valence-corrected chi connectivity index (χ0v) is 24.7. The summed E-state index contributed by atoms with van der Waals surface area (Å²) < 4.78 is 35.8. The summed E-state index contributed by atoms with van der Waals surface area (Å²) in [5.74, 6) is -2.68. The van der Waals surface area contributed by atoms with Crippen LogP contribution in [-0.2, 0) is 9.53 Å². The number of aromatic nitrogens is 4. The second kappa shape index (κ2) is 12.8. The molecule has 2 aromatic heterocycles. The van der Waals surface area contributed by atoms with Gasteiger partial charge in [0.15, 0.2) is 11.5 Å². The van der Waals surface area contributed by atoms with E-state index in [-0.39, 0.29) is 39.3 Å². The van der Waals surface area contributed by atoms with Gasteiger partial charge in [-0.15, -0.1) is 5.10 Å². The van der Waals surface area contributed by atoms with Crippen LogP contribution in [0.25, 0.3) is 16.8 Å². The van der Waals surface area contributed by atoms with Crippen molar-refractivity contribution < 1.29 is 27.9 Å². The topological polar surface area (TPSA) is 140 Å². The maximum absolute atomic E-state index is 15.3. The summed E-state index contributed by atoms with van der Waals surface area (Å²) >= 11 is 5.92. The number of fused-ring (bicyclic) bond motifs is 4. The van der Waals surface area contributed by atoms with Gasteiger partial charge in [0.1, 0.15) is 11.5 Å². The first kappa shape index (κ1) is 30.5. The van der Waals surface area contributed by atoms with Crippen LogP contribution in [0.5, 0.6) is 0 Å². The van der Waals surface area contributed by atoms with Gasteiger partial charge in [-0.1, -0.05) is 42.3 Å². The van der Waals surface area contributed by atoms with E-state index < -0.39 is 35.6 Å². The molecule has 3 amide bonds. The number of hydrogen-bond acceptors (Lipinski definition) is 7. The molecule has 4 aromatic rings. The second-order valence-corrected chi connectivity index (χ2v) is 10.7. The molecule has 5 rings (SSSR count). The fraction of sp³-hybridized carbons (Fsp3) is 0.267. The van der Waals surface area contributed by atoms with Gasteiger partial charge in [-0.05, 0) is 50.1 Å². The lowest BCUT2D eigenvalue weighted by Gasteiger charge is -2.22. The molecule has 0 saturated heterocycles. The van der Waals surface area contributed by atoms with Crippen LogP contribution in [-0.4, -0.2) is 45.0 Å². The largest absolute Gasteiger partial charge is 0.453 e. The van der Waals surface area contributed by atoms with Crippen LogP contribution in [0.2, 0.25) is 5.02 Å². The second-order valence-electron chi connectivity index (χ2n) is 10.3. The summed E-state index contributed by atoms with van der Waals surface area (Å²) in [5.41, 5.74) is 1.72. The first-order valence-electron chi connectivity index (χ1n) is 13.7. The standard InChI is InChI=1S/C30H28ClF2N7O4/c1-15-6-4-8-22(36-29(42)27-16(2)40(39-38-27)25-9-5-7-20(31)26(25)33)24-13-19(21(32)14-34-24)18-11-10-17(35-30(43)44-3)12-23(18)37-28(15)41/h5,7,9-15,22H,4,6,8H2,1-3H3,(H,35,43)(H,36,42)(H,37,41)/t15-,22-/m0/s1. The molecular formula is C30H28ClF2N7O4. The lowest BCUT2D eigenvalue weighted by Crippen LogP contribution is -2.30. The Morgan fingerprint density at radius 3 is 2.70 bits per heavy atom. The monoisotopic (exact) mass is 623 g/mol. The number of amides is 3. The van der Waals surface area contributed by atoms with E-state index in [2.05, 4.69) is 36.0 Å². The molecule has 44 heavy (non-hydrogen) atoms. The summed E-state index contributed by atoms with van der Waals surface area (Å²) in [4.78, 5) is 42.6. The third kappa shape index (κ3) is 6.23. The van der Waals surface area contributed by atoms with Gasteiger partial charge in [-0.2, -0.15) is 0 Å². The number of nitrogens with zero attached hydrogens (tertiary/aromatic N) is 4. The number of methoxy groups -OCH3 is 1. The van der Waals surface area contributed by atoms with Crippen molar-refractivity contribution in [2.45, 2.75) is 39.2 Å². The Balaban J connectivity index is 1.51. The molecule has 2 aromatic carbocycles. The summed E-state index contributed by atoms with van der Waals surface area (Å²) in [6.45, 7) is 3.34. The van der Waals surface area contributed by atoms with Gasteiger partial charge in [-0.25, -0.2) is 18.3 Å². The Morgan fingerprint density at radius 1 is 1.14 bits per heavy atom. The maximum Gasteiger partial charge on any atom is 0.411 e. The van der Waals surface area contributed by atoms with Crippen LogP contribution in [0, 0.1) is 24.5 Å². The average molecular weight is 624 g/mol. The molecule has 14 heteroatoms. The summed E-state index contributed by atoms with van der Waals surface area (Å²) in [7, 11) is 1.22. The quantitative estimate of drug-likeness (QED) is 0.254. The smallest absolute Gasteiger partial charge is 0.411 e. The molecule has 0 saturated carbocycles. The van der Waals surface area contributed by atoms with Crippen LogP contribution >= 0.6 is 11.6 Å². The van der Waals surface area contributed by atoms with Crippen LogP contribution in [0.15, 0.2) is 48.7 Å². The van der Waals surface area contributed by atoms with Gasteiger partial charge in [0, 0.05) is 22.7 Å². The molecule has 2 bridgehead atoms. The maximum atomic E-state index is 15.3. The predicted molar refractivity (Wildman–Crippen MR) is 159 cm³/mol. The highest BCUT2D eigenvalue weighted by atomic mass is 35.5. The molecule has 0 aliphatic carbocycles. The van der Waals surface area contributed by atoms with E-state index in [0.29, 0.717) is 36.2 Å². The van der Waals surface area contributed by atoms with Gasteiger partial charge in [0.05, 0.1) is 41.4 Å². The van der Waals surface area contributed by atoms with E-state index in [1.807, 2.05) is 0 Å². The normalized spacial score (nSPS) is 16.5. The van der Waals surface area contributed by atoms with E-state index in [4.69, 9.17) is 11.6 Å². The van der Waals surface area contributed by atoms with E-state index in [1.165, 1.54) is 36.1 Å². The molecule has 11 nitrogen and oxygen atoms in total. The minimum Gasteiger partial charge on any atom is -0.453 e.